The quantitative estimate of drug-likeness (QED) is 0.555. The fourth-order valence-electron chi connectivity index (χ4n) is 2.87. The molecule has 1 fully saturated rings. The summed E-state index contributed by atoms with van der Waals surface area (Å²) in [5.41, 5.74) is 2.89. The smallest absolute Gasteiger partial charge is 0.266 e. The lowest BCUT2D eigenvalue weighted by Crippen LogP contribution is -2.51. The molecule has 0 N–H and O–H groups in total. The number of hydrogen-bond acceptors (Lipinski definition) is 5. The predicted octanol–water partition coefficient (Wildman–Crippen LogP) is 2.81. The van der Waals surface area contributed by atoms with Gasteiger partial charge in [-0.1, -0.05) is 85.5 Å². The standard InChI is InChI=1S/C21H19NO3S2/c1-2-14-8-10-16(11-9-14)13-18-19(23)22(21(26)27-18)17(20(24)25)12-15-6-4-3-5-7-15/h3-11,13,17H,2,12H2,1H3,(H,24,25)/p-1/b18-13-/t17-/m0/s1. The highest BCUT2D eigenvalue weighted by Gasteiger charge is 2.37. The Morgan fingerprint density at radius 1 is 1.15 bits per heavy atom. The van der Waals surface area contributed by atoms with Crippen molar-refractivity contribution in [1.82, 2.24) is 4.90 Å². The predicted molar refractivity (Wildman–Crippen MR) is 110 cm³/mol. The molecule has 1 saturated heterocycles. The molecule has 6 heteroatoms. The molecule has 27 heavy (non-hydrogen) atoms. The minimum atomic E-state index is -1.32. The number of nitrogens with zero attached hydrogens (tertiary/aromatic N) is 1. The number of benzene rings is 2. The Balaban J connectivity index is 1.84. The zero-order chi connectivity index (χ0) is 19.4. The third-order valence-corrected chi connectivity index (χ3v) is 5.70. The van der Waals surface area contributed by atoms with Crippen LogP contribution in [0.5, 0.6) is 0 Å². The molecular formula is C21H18NO3S2-. The Kier molecular flexibility index (Phi) is 6.08. The lowest BCUT2D eigenvalue weighted by atomic mass is 10.0. The maximum Gasteiger partial charge on any atom is 0.266 e. The maximum atomic E-state index is 12.8. The van der Waals surface area contributed by atoms with E-state index in [0.29, 0.717) is 4.91 Å². The zero-order valence-corrected chi connectivity index (χ0v) is 16.4. The van der Waals surface area contributed by atoms with E-state index >= 15 is 0 Å². The van der Waals surface area contributed by atoms with Gasteiger partial charge in [-0.3, -0.25) is 9.69 Å². The van der Waals surface area contributed by atoms with E-state index in [1.54, 1.807) is 6.08 Å². The molecule has 0 spiro atoms. The average molecular weight is 397 g/mol. The Morgan fingerprint density at radius 2 is 1.81 bits per heavy atom. The molecule has 1 atom stereocenters. The highest BCUT2D eigenvalue weighted by molar-refractivity contribution is 8.26. The first-order valence-corrected chi connectivity index (χ1v) is 9.83. The summed E-state index contributed by atoms with van der Waals surface area (Å²) in [7, 11) is 0. The van der Waals surface area contributed by atoms with Gasteiger partial charge >= 0.3 is 0 Å². The molecule has 0 bridgehead atoms. The normalized spacial score (nSPS) is 16.8. The highest BCUT2D eigenvalue weighted by Crippen LogP contribution is 2.34. The van der Waals surface area contributed by atoms with Crippen molar-refractivity contribution >= 4 is 46.3 Å². The third kappa shape index (κ3) is 4.46. The molecule has 4 nitrogen and oxygen atoms in total. The topological polar surface area (TPSA) is 60.4 Å². The lowest BCUT2D eigenvalue weighted by Gasteiger charge is -2.27. The molecule has 0 aromatic heterocycles. The van der Waals surface area contributed by atoms with E-state index in [0.717, 1.165) is 34.2 Å². The minimum Gasteiger partial charge on any atom is -0.548 e. The second-order valence-electron chi connectivity index (χ2n) is 6.17. The number of thiocarbonyl (C=S) groups is 1. The number of carbonyl (C=O) groups is 2. The number of carbonyl (C=O) groups excluding carboxylic acids is 2. The fraction of sp³-hybridized carbons (Fsp3) is 0.190. The molecule has 1 aliphatic rings. The number of carboxylic acid groups (broad SMARTS) is 1. The monoisotopic (exact) mass is 396 g/mol. The summed E-state index contributed by atoms with van der Waals surface area (Å²) in [5.74, 6) is -1.71. The first-order chi connectivity index (χ1) is 13.0. The van der Waals surface area contributed by atoms with E-state index in [1.807, 2.05) is 54.6 Å². The largest absolute Gasteiger partial charge is 0.548 e. The van der Waals surface area contributed by atoms with Crippen LogP contribution in [0.3, 0.4) is 0 Å². The molecule has 0 saturated carbocycles. The molecule has 138 valence electrons. The minimum absolute atomic E-state index is 0.147. The number of thioether (sulfide) groups is 1. The van der Waals surface area contributed by atoms with Gasteiger partial charge < -0.3 is 9.90 Å². The fourth-order valence-corrected chi connectivity index (χ4v) is 4.22. The molecule has 2 aromatic rings. The van der Waals surface area contributed by atoms with Crippen molar-refractivity contribution in [3.63, 3.8) is 0 Å². The first-order valence-electron chi connectivity index (χ1n) is 8.60. The molecule has 3 rings (SSSR count). The van der Waals surface area contributed by atoms with E-state index in [-0.39, 0.29) is 10.7 Å². The van der Waals surface area contributed by atoms with Crippen LogP contribution in [0.25, 0.3) is 6.08 Å². The van der Waals surface area contributed by atoms with Crippen LogP contribution in [0.2, 0.25) is 0 Å². The molecule has 0 unspecified atom stereocenters. The van der Waals surface area contributed by atoms with Gasteiger partial charge in [0, 0.05) is 0 Å². The molecule has 1 amide bonds. The summed E-state index contributed by atoms with van der Waals surface area (Å²) in [6, 6.07) is 15.9. The Labute approximate surface area is 167 Å². The van der Waals surface area contributed by atoms with Gasteiger partial charge in [-0.15, -0.1) is 0 Å². The summed E-state index contributed by atoms with van der Waals surface area (Å²) in [6.07, 6.45) is 2.83. The van der Waals surface area contributed by atoms with E-state index in [9.17, 15) is 14.7 Å². The van der Waals surface area contributed by atoms with Crippen molar-refractivity contribution < 1.29 is 14.7 Å². The lowest BCUT2D eigenvalue weighted by molar-refractivity contribution is -0.310. The summed E-state index contributed by atoms with van der Waals surface area (Å²) in [4.78, 5) is 26.1. The van der Waals surface area contributed by atoms with E-state index in [1.165, 1.54) is 5.56 Å². The van der Waals surface area contributed by atoms with Gasteiger partial charge in [0.25, 0.3) is 5.91 Å². The third-order valence-electron chi connectivity index (χ3n) is 4.36. The van der Waals surface area contributed by atoms with Gasteiger partial charge in [0.2, 0.25) is 0 Å². The number of hydrogen-bond donors (Lipinski definition) is 0. The highest BCUT2D eigenvalue weighted by atomic mass is 32.2. The first kappa shape index (κ1) is 19.3. The van der Waals surface area contributed by atoms with Crippen molar-refractivity contribution in [3.8, 4) is 0 Å². The molecule has 1 heterocycles. The van der Waals surface area contributed by atoms with Crippen LogP contribution in [0.15, 0.2) is 59.5 Å². The Morgan fingerprint density at radius 3 is 2.41 bits per heavy atom. The number of rotatable bonds is 6. The van der Waals surface area contributed by atoms with Gasteiger partial charge in [0.05, 0.1) is 16.9 Å². The second kappa shape index (κ2) is 8.50. The molecule has 0 radical (unpaired) electrons. The van der Waals surface area contributed by atoms with E-state index < -0.39 is 17.9 Å². The van der Waals surface area contributed by atoms with Gasteiger partial charge in [0.1, 0.15) is 4.32 Å². The van der Waals surface area contributed by atoms with Crippen LogP contribution >= 0.6 is 24.0 Å². The molecule has 2 aromatic carbocycles. The molecular weight excluding hydrogens is 378 g/mol. The van der Waals surface area contributed by atoms with E-state index in [4.69, 9.17) is 12.2 Å². The van der Waals surface area contributed by atoms with Gasteiger partial charge in [-0.05, 0) is 35.6 Å². The average Bonchev–Trinajstić information content (AvgIpc) is 2.94. The Bertz CT molecular complexity index is 891. The Hall–Kier alpha value is -2.44. The molecule has 1 aliphatic heterocycles. The number of carboxylic acids is 1. The number of aliphatic carboxylic acids is 1. The van der Waals surface area contributed by atoms with Crippen molar-refractivity contribution in [2.45, 2.75) is 25.8 Å². The van der Waals surface area contributed by atoms with Crippen molar-refractivity contribution in [1.29, 1.82) is 0 Å². The maximum absolute atomic E-state index is 12.8. The van der Waals surface area contributed by atoms with Crippen LogP contribution < -0.4 is 5.11 Å². The summed E-state index contributed by atoms with van der Waals surface area (Å²) in [5, 5.41) is 11.7. The van der Waals surface area contributed by atoms with E-state index in [2.05, 4.69) is 6.92 Å². The van der Waals surface area contributed by atoms with Crippen LogP contribution in [0.4, 0.5) is 0 Å². The van der Waals surface area contributed by atoms with Gasteiger partial charge in [-0.25, -0.2) is 0 Å². The summed E-state index contributed by atoms with van der Waals surface area (Å²) >= 11 is 6.42. The van der Waals surface area contributed by atoms with Crippen LogP contribution in [-0.4, -0.2) is 27.1 Å². The zero-order valence-electron chi connectivity index (χ0n) is 14.8. The number of amides is 1. The van der Waals surface area contributed by atoms with Gasteiger partial charge in [0.15, 0.2) is 0 Å². The van der Waals surface area contributed by atoms with Gasteiger partial charge in [-0.2, -0.15) is 0 Å². The van der Waals surface area contributed by atoms with Crippen LogP contribution in [0.1, 0.15) is 23.6 Å². The molecule has 0 aliphatic carbocycles. The van der Waals surface area contributed by atoms with Crippen molar-refractivity contribution in [2.24, 2.45) is 0 Å². The SMILES string of the molecule is CCc1ccc(/C=C2\SC(=S)N([C@@H](Cc3ccccc3)C(=O)[O-])C2=O)cc1. The summed E-state index contributed by atoms with van der Waals surface area (Å²) in [6.45, 7) is 2.08. The van der Waals surface area contributed by atoms with Crippen LogP contribution in [0, 0.1) is 0 Å². The van der Waals surface area contributed by atoms with Crippen LogP contribution in [-0.2, 0) is 22.4 Å². The second-order valence-corrected chi connectivity index (χ2v) is 7.85. The number of aryl methyl sites for hydroxylation is 1. The van der Waals surface area contributed by atoms with Crippen molar-refractivity contribution in [3.05, 3.63) is 76.2 Å². The summed E-state index contributed by atoms with van der Waals surface area (Å²) < 4.78 is 0.238. The van der Waals surface area contributed by atoms with Crippen molar-refractivity contribution in [2.75, 3.05) is 0 Å².